The van der Waals surface area contributed by atoms with Gasteiger partial charge in [-0.1, -0.05) is 35.9 Å². The van der Waals surface area contributed by atoms with Crippen molar-refractivity contribution in [2.24, 2.45) is 0 Å². The Morgan fingerprint density at radius 3 is 2.79 bits per heavy atom. The maximum atomic E-state index is 13.0. The number of hydrogen-bond acceptors (Lipinski definition) is 5. The minimum atomic E-state index is -0.189. The van der Waals surface area contributed by atoms with Gasteiger partial charge in [0.25, 0.3) is 5.91 Å². The van der Waals surface area contributed by atoms with Crippen LogP contribution in [-0.2, 0) is 0 Å². The van der Waals surface area contributed by atoms with E-state index >= 15 is 0 Å². The van der Waals surface area contributed by atoms with E-state index in [1.165, 1.54) is 22.2 Å². The van der Waals surface area contributed by atoms with Crippen LogP contribution in [0.3, 0.4) is 0 Å². The van der Waals surface area contributed by atoms with Crippen LogP contribution in [0.5, 0.6) is 0 Å². The van der Waals surface area contributed by atoms with Crippen LogP contribution in [0.1, 0.15) is 26.4 Å². The van der Waals surface area contributed by atoms with Gasteiger partial charge in [0.1, 0.15) is 16.2 Å². The number of hydrogen-bond donors (Lipinski definition) is 1. The summed E-state index contributed by atoms with van der Waals surface area (Å²) in [5.41, 5.74) is 3.15. The molecule has 0 unspecified atom stereocenters. The number of amides is 1. The summed E-state index contributed by atoms with van der Waals surface area (Å²) in [6.07, 6.45) is 7.03. The fourth-order valence-electron chi connectivity index (χ4n) is 2.96. The van der Waals surface area contributed by atoms with E-state index in [-0.39, 0.29) is 5.91 Å². The first-order valence-corrected chi connectivity index (χ1v) is 10.6. The number of aromatic nitrogens is 2. The van der Waals surface area contributed by atoms with Crippen molar-refractivity contribution in [2.75, 3.05) is 5.32 Å². The molecule has 0 aliphatic rings. The highest BCUT2D eigenvalue weighted by Crippen LogP contribution is 2.38. The Bertz CT molecular complexity index is 1270. The summed E-state index contributed by atoms with van der Waals surface area (Å²) in [6.45, 7) is 4.17. The topological polar surface area (TPSA) is 54.9 Å². The first-order valence-electron chi connectivity index (χ1n) is 8.92. The predicted molar refractivity (Wildman–Crippen MR) is 120 cm³/mol. The lowest BCUT2D eigenvalue weighted by molar-refractivity contribution is 0.102. The van der Waals surface area contributed by atoms with Crippen LogP contribution in [0.2, 0.25) is 0 Å². The average molecular weight is 416 g/mol. The van der Waals surface area contributed by atoms with Gasteiger partial charge < -0.3 is 5.32 Å². The molecule has 0 spiro atoms. The van der Waals surface area contributed by atoms with E-state index in [9.17, 15) is 4.79 Å². The van der Waals surface area contributed by atoms with Gasteiger partial charge in [-0.2, -0.15) is 0 Å². The van der Waals surface area contributed by atoms with Gasteiger partial charge >= 0.3 is 0 Å². The highest BCUT2D eigenvalue weighted by atomic mass is 32.2. The van der Waals surface area contributed by atoms with E-state index in [2.05, 4.69) is 35.1 Å². The lowest BCUT2D eigenvalue weighted by Gasteiger charge is -2.10. The molecule has 0 saturated carbocycles. The molecule has 0 aliphatic carbocycles. The second kappa shape index (κ2) is 8.08. The van der Waals surface area contributed by atoms with Gasteiger partial charge in [-0.3, -0.25) is 4.79 Å². The molecule has 0 fully saturated rings. The Kier molecular flexibility index (Phi) is 5.34. The van der Waals surface area contributed by atoms with E-state index in [1.54, 1.807) is 23.7 Å². The highest BCUT2D eigenvalue weighted by Gasteiger charge is 2.17. The van der Waals surface area contributed by atoms with Crippen molar-refractivity contribution in [3.8, 4) is 12.3 Å². The lowest BCUT2D eigenvalue weighted by atomic mass is 10.2. The first kappa shape index (κ1) is 19.2. The molecule has 2 heterocycles. The molecule has 0 radical (unpaired) electrons. The van der Waals surface area contributed by atoms with E-state index in [0.29, 0.717) is 11.3 Å². The van der Waals surface area contributed by atoms with Crippen LogP contribution in [0.4, 0.5) is 5.69 Å². The number of nitrogens with one attached hydrogen (secondary N) is 1. The van der Waals surface area contributed by atoms with E-state index in [0.717, 1.165) is 25.7 Å². The highest BCUT2D eigenvalue weighted by molar-refractivity contribution is 7.99. The summed E-state index contributed by atoms with van der Waals surface area (Å²) in [5.74, 6) is 2.39. The van der Waals surface area contributed by atoms with Crippen LogP contribution >= 0.6 is 23.1 Å². The van der Waals surface area contributed by atoms with E-state index in [4.69, 9.17) is 6.42 Å². The minimum absolute atomic E-state index is 0.189. The maximum Gasteiger partial charge on any atom is 0.256 e. The molecule has 0 atom stereocenters. The van der Waals surface area contributed by atoms with Crippen molar-refractivity contribution in [1.29, 1.82) is 0 Å². The third-order valence-electron chi connectivity index (χ3n) is 4.56. The number of aryl methyl sites for hydroxylation is 2. The summed E-state index contributed by atoms with van der Waals surface area (Å²) >= 11 is 3.14. The van der Waals surface area contributed by atoms with Gasteiger partial charge in [0.05, 0.1) is 5.56 Å². The first-order chi connectivity index (χ1) is 14.1. The SMILES string of the molecule is C#Cc1cccc(NC(=O)c2ccccc2Sc2ncnc3sc(C)c(C)c23)c1. The average Bonchev–Trinajstić information content (AvgIpc) is 3.03. The van der Waals surface area contributed by atoms with Crippen LogP contribution < -0.4 is 5.32 Å². The third-order valence-corrected chi connectivity index (χ3v) is 6.75. The zero-order valence-corrected chi connectivity index (χ0v) is 17.5. The standard InChI is InChI=1S/C23H17N3OS2/c1-4-16-8-7-9-17(12-16)26-21(27)18-10-5-6-11-19(18)29-23-20-14(2)15(3)28-22(20)24-13-25-23/h1,5-13H,2-3H3,(H,26,27). The normalized spacial score (nSPS) is 10.7. The molecule has 0 saturated heterocycles. The molecule has 1 amide bonds. The van der Waals surface area contributed by atoms with Crippen molar-refractivity contribution < 1.29 is 4.79 Å². The van der Waals surface area contributed by atoms with Crippen LogP contribution in [0, 0.1) is 26.2 Å². The molecule has 142 valence electrons. The number of fused-ring (bicyclic) bond motifs is 1. The molecular formula is C23H17N3OS2. The molecule has 4 nitrogen and oxygen atoms in total. The zero-order valence-electron chi connectivity index (χ0n) is 15.9. The number of anilines is 1. The van der Waals surface area contributed by atoms with Crippen molar-refractivity contribution in [3.63, 3.8) is 0 Å². The molecule has 6 heteroatoms. The summed E-state index contributed by atoms with van der Waals surface area (Å²) in [5, 5.41) is 4.84. The number of rotatable bonds is 4. The molecule has 2 aromatic carbocycles. The largest absolute Gasteiger partial charge is 0.322 e. The Morgan fingerprint density at radius 1 is 1.14 bits per heavy atom. The molecule has 1 N–H and O–H groups in total. The predicted octanol–water partition coefficient (Wildman–Crippen LogP) is 5.69. The van der Waals surface area contributed by atoms with Gasteiger partial charge in [0.15, 0.2) is 0 Å². The van der Waals surface area contributed by atoms with Gasteiger partial charge in [0.2, 0.25) is 0 Å². The number of carbonyl (C=O) groups is 1. The van der Waals surface area contributed by atoms with Crippen molar-refractivity contribution in [1.82, 2.24) is 9.97 Å². The smallest absolute Gasteiger partial charge is 0.256 e. The number of thiophene rings is 1. The van der Waals surface area contributed by atoms with Crippen LogP contribution in [0.25, 0.3) is 10.2 Å². The van der Waals surface area contributed by atoms with Crippen molar-refractivity contribution in [3.05, 3.63) is 76.4 Å². The van der Waals surface area contributed by atoms with Gasteiger partial charge in [0, 0.05) is 26.4 Å². The lowest BCUT2D eigenvalue weighted by Crippen LogP contribution is -2.13. The molecule has 2 aromatic heterocycles. The molecule has 4 rings (SSSR count). The molecule has 29 heavy (non-hydrogen) atoms. The Labute approximate surface area is 177 Å². The quantitative estimate of drug-likeness (QED) is 0.343. The molecule has 4 aromatic rings. The monoisotopic (exact) mass is 415 g/mol. The van der Waals surface area contributed by atoms with E-state index < -0.39 is 0 Å². The number of terminal acetylenes is 1. The number of benzene rings is 2. The second-order valence-corrected chi connectivity index (χ2v) is 8.65. The summed E-state index contributed by atoms with van der Waals surface area (Å²) in [4.78, 5) is 24.9. The third kappa shape index (κ3) is 3.88. The summed E-state index contributed by atoms with van der Waals surface area (Å²) in [7, 11) is 0. The zero-order chi connectivity index (χ0) is 20.4. The Hall–Kier alpha value is -3.14. The molecule has 0 bridgehead atoms. The second-order valence-electron chi connectivity index (χ2n) is 6.42. The van der Waals surface area contributed by atoms with Crippen LogP contribution in [-0.4, -0.2) is 15.9 Å². The van der Waals surface area contributed by atoms with Gasteiger partial charge in [-0.15, -0.1) is 17.8 Å². The Morgan fingerprint density at radius 2 is 1.97 bits per heavy atom. The van der Waals surface area contributed by atoms with Crippen molar-refractivity contribution in [2.45, 2.75) is 23.8 Å². The molecule has 0 aliphatic heterocycles. The fourth-order valence-corrected chi connectivity index (χ4v) is 5.10. The van der Waals surface area contributed by atoms with Gasteiger partial charge in [-0.25, -0.2) is 9.97 Å². The van der Waals surface area contributed by atoms with Crippen LogP contribution in [0.15, 0.2) is 64.8 Å². The number of carbonyl (C=O) groups excluding carboxylic acids is 1. The van der Waals surface area contributed by atoms with E-state index in [1.807, 2.05) is 42.5 Å². The number of nitrogens with zero attached hydrogens (tertiary/aromatic N) is 2. The summed E-state index contributed by atoms with van der Waals surface area (Å²) < 4.78 is 0. The Balaban J connectivity index is 1.67. The van der Waals surface area contributed by atoms with Crippen molar-refractivity contribution >= 4 is 44.9 Å². The maximum absolute atomic E-state index is 13.0. The fraction of sp³-hybridized carbons (Fsp3) is 0.0870. The minimum Gasteiger partial charge on any atom is -0.322 e. The summed E-state index contributed by atoms with van der Waals surface area (Å²) in [6, 6.07) is 14.8. The molecular weight excluding hydrogens is 398 g/mol. The van der Waals surface area contributed by atoms with Gasteiger partial charge in [-0.05, 0) is 49.7 Å².